The van der Waals surface area contributed by atoms with Crippen LogP contribution in [-0.4, -0.2) is 35.3 Å². The molecule has 88 valence electrons. The second-order valence-electron chi connectivity index (χ2n) is 3.47. The molecule has 1 atom stereocenters. The molecule has 1 unspecified atom stereocenters. The van der Waals surface area contributed by atoms with Crippen LogP contribution in [0.4, 0.5) is 5.69 Å². The molecular weight excluding hydrogens is 274 g/mol. The highest BCUT2D eigenvalue weighted by atomic mass is 79.9. The first-order valence-electron chi connectivity index (χ1n) is 4.88. The van der Waals surface area contributed by atoms with Crippen LogP contribution in [0, 0.1) is 0 Å². The van der Waals surface area contributed by atoms with Gasteiger partial charge in [-0.3, -0.25) is 4.79 Å². The highest BCUT2D eigenvalue weighted by molar-refractivity contribution is 9.10. The van der Waals surface area contributed by atoms with E-state index in [1.54, 1.807) is 18.2 Å². The zero-order valence-electron chi connectivity index (χ0n) is 8.90. The largest absolute Gasteiger partial charge is 0.394 e. The molecule has 1 rings (SSSR count). The Morgan fingerprint density at radius 3 is 2.75 bits per heavy atom. The number of benzene rings is 1. The Hall–Kier alpha value is -0.910. The lowest BCUT2D eigenvalue weighted by Crippen LogP contribution is -2.22. The maximum absolute atomic E-state index is 11.2. The molecule has 0 amide bonds. The number of carbonyl (C=O) groups excluding carboxylic acids is 1. The van der Waals surface area contributed by atoms with Crippen molar-refractivity contribution in [1.82, 2.24) is 0 Å². The van der Waals surface area contributed by atoms with Crippen molar-refractivity contribution in [1.29, 1.82) is 0 Å². The fraction of sp³-hybridized carbons (Fsp3) is 0.364. The molecule has 0 bridgehead atoms. The third kappa shape index (κ3) is 3.59. The summed E-state index contributed by atoms with van der Waals surface area (Å²) in [6, 6.07) is 5.23. The molecule has 1 aromatic rings. The van der Waals surface area contributed by atoms with Gasteiger partial charge in [0.25, 0.3) is 0 Å². The zero-order valence-corrected chi connectivity index (χ0v) is 10.5. The van der Waals surface area contributed by atoms with Gasteiger partial charge in [-0.2, -0.15) is 0 Å². The van der Waals surface area contributed by atoms with Crippen LogP contribution in [0.3, 0.4) is 0 Å². The predicted octanol–water partition coefficient (Wildman–Crippen LogP) is 1.42. The molecule has 0 saturated heterocycles. The van der Waals surface area contributed by atoms with E-state index in [1.807, 2.05) is 0 Å². The summed E-state index contributed by atoms with van der Waals surface area (Å²) in [6.45, 7) is 1.49. The number of halogens is 1. The van der Waals surface area contributed by atoms with Gasteiger partial charge in [-0.05, 0) is 41.1 Å². The normalized spacial score (nSPS) is 12.2. The van der Waals surface area contributed by atoms with Crippen molar-refractivity contribution in [2.45, 2.75) is 13.0 Å². The van der Waals surface area contributed by atoms with E-state index >= 15 is 0 Å². The molecule has 0 fully saturated rings. The number of ketones is 1. The molecular formula is C11H14BrNO3. The average Bonchev–Trinajstić information content (AvgIpc) is 2.25. The average molecular weight is 288 g/mol. The Morgan fingerprint density at radius 2 is 2.25 bits per heavy atom. The van der Waals surface area contributed by atoms with Gasteiger partial charge in [0, 0.05) is 22.3 Å². The summed E-state index contributed by atoms with van der Waals surface area (Å²) in [7, 11) is 0. The third-order valence-corrected chi connectivity index (χ3v) is 2.76. The third-order valence-electron chi connectivity index (χ3n) is 2.10. The minimum Gasteiger partial charge on any atom is -0.394 e. The van der Waals surface area contributed by atoms with Crippen molar-refractivity contribution in [2.24, 2.45) is 0 Å². The van der Waals surface area contributed by atoms with Gasteiger partial charge in [0.2, 0.25) is 0 Å². The SMILES string of the molecule is CC(=O)c1ccc(NCC(O)CO)cc1Br. The van der Waals surface area contributed by atoms with Gasteiger partial charge in [-0.25, -0.2) is 0 Å². The van der Waals surface area contributed by atoms with Crippen LogP contribution in [0.1, 0.15) is 17.3 Å². The van der Waals surface area contributed by atoms with Crippen LogP contribution < -0.4 is 5.32 Å². The highest BCUT2D eigenvalue weighted by Gasteiger charge is 2.06. The Morgan fingerprint density at radius 1 is 1.56 bits per heavy atom. The standard InChI is InChI=1S/C11H14BrNO3/c1-7(15)10-3-2-8(4-11(10)12)13-5-9(16)6-14/h2-4,9,13-14,16H,5-6H2,1H3. The molecule has 0 heterocycles. The lowest BCUT2D eigenvalue weighted by molar-refractivity contribution is 0.101. The van der Waals surface area contributed by atoms with Crippen LogP contribution in [0.25, 0.3) is 0 Å². The Balaban J connectivity index is 2.70. The molecule has 0 aliphatic heterocycles. The molecule has 5 heteroatoms. The summed E-state index contributed by atoms with van der Waals surface area (Å²) >= 11 is 3.30. The van der Waals surface area contributed by atoms with Crippen molar-refractivity contribution in [3.05, 3.63) is 28.2 Å². The quantitative estimate of drug-likeness (QED) is 0.717. The number of hydrogen-bond acceptors (Lipinski definition) is 4. The lowest BCUT2D eigenvalue weighted by atomic mass is 10.1. The van der Waals surface area contributed by atoms with E-state index in [9.17, 15) is 4.79 Å². The Labute approximate surface area is 102 Å². The number of hydrogen-bond donors (Lipinski definition) is 3. The number of aliphatic hydroxyl groups excluding tert-OH is 2. The number of aliphatic hydroxyl groups is 2. The fourth-order valence-corrected chi connectivity index (χ4v) is 1.87. The van der Waals surface area contributed by atoms with Gasteiger partial charge in [0.15, 0.2) is 5.78 Å². The minimum atomic E-state index is -0.786. The molecule has 0 spiro atoms. The van der Waals surface area contributed by atoms with Gasteiger partial charge in [0.1, 0.15) is 0 Å². The van der Waals surface area contributed by atoms with Gasteiger partial charge in [-0.15, -0.1) is 0 Å². The lowest BCUT2D eigenvalue weighted by Gasteiger charge is -2.11. The van der Waals surface area contributed by atoms with Gasteiger partial charge in [0.05, 0.1) is 12.7 Å². The van der Waals surface area contributed by atoms with E-state index in [0.29, 0.717) is 10.0 Å². The van der Waals surface area contributed by atoms with Crippen LogP contribution >= 0.6 is 15.9 Å². The van der Waals surface area contributed by atoms with E-state index in [0.717, 1.165) is 5.69 Å². The highest BCUT2D eigenvalue weighted by Crippen LogP contribution is 2.21. The Bertz CT molecular complexity index is 381. The van der Waals surface area contributed by atoms with Crippen LogP contribution in [0.5, 0.6) is 0 Å². The Kier molecular flexibility index (Phi) is 4.92. The smallest absolute Gasteiger partial charge is 0.160 e. The van der Waals surface area contributed by atoms with Crippen molar-refractivity contribution >= 4 is 27.4 Å². The number of carbonyl (C=O) groups is 1. The summed E-state index contributed by atoms with van der Waals surface area (Å²) in [6.07, 6.45) is -0.786. The molecule has 0 saturated carbocycles. The van der Waals surface area contributed by atoms with Crippen LogP contribution in [0.2, 0.25) is 0 Å². The summed E-state index contributed by atoms with van der Waals surface area (Å²) in [4.78, 5) is 11.2. The number of anilines is 1. The monoisotopic (exact) mass is 287 g/mol. The first-order valence-corrected chi connectivity index (χ1v) is 5.67. The maximum Gasteiger partial charge on any atom is 0.160 e. The van der Waals surface area contributed by atoms with E-state index in [-0.39, 0.29) is 18.9 Å². The molecule has 0 aliphatic carbocycles. The summed E-state index contributed by atoms with van der Waals surface area (Å²) in [5.74, 6) is -0.00572. The van der Waals surface area contributed by atoms with Crippen LogP contribution in [0.15, 0.2) is 22.7 Å². The van der Waals surface area contributed by atoms with E-state index < -0.39 is 6.10 Å². The van der Waals surface area contributed by atoms with Gasteiger partial charge >= 0.3 is 0 Å². The minimum absolute atomic E-state index is 0.00572. The molecule has 0 radical (unpaired) electrons. The first-order chi connectivity index (χ1) is 7.54. The maximum atomic E-state index is 11.2. The number of Topliss-reactive ketones (excluding diaryl/α,β-unsaturated/α-hetero) is 1. The van der Waals surface area contributed by atoms with E-state index in [4.69, 9.17) is 10.2 Å². The van der Waals surface area contributed by atoms with Crippen molar-refractivity contribution in [3.8, 4) is 0 Å². The number of nitrogens with one attached hydrogen (secondary N) is 1. The molecule has 3 N–H and O–H groups in total. The van der Waals surface area contributed by atoms with Crippen molar-refractivity contribution in [2.75, 3.05) is 18.5 Å². The van der Waals surface area contributed by atoms with Crippen molar-refractivity contribution < 1.29 is 15.0 Å². The molecule has 16 heavy (non-hydrogen) atoms. The number of rotatable bonds is 5. The molecule has 0 aliphatic rings. The summed E-state index contributed by atoms with van der Waals surface area (Å²) in [5, 5.41) is 20.7. The first kappa shape index (κ1) is 13.2. The van der Waals surface area contributed by atoms with Gasteiger partial charge < -0.3 is 15.5 Å². The van der Waals surface area contributed by atoms with Gasteiger partial charge in [-0.1, -0.05) is 0 Å². The van der Waals surface area contributed by atoms with Crippen molar-refractivity contribution in [3.63, 3.8) is 0 Å². The second kappa shape index (κ2) is 5.98. The zero-order chi connectivity index (χ0) is 12.1. The predicted molar refractivity (Wildman–Crippen MR) is 65.7 cm³/mol. The fourth-order valence-electron chi connectivity index (χ4n) is 1.21. The summed E-state index contributed by atoms with van der Waals surface area (Å²) in [5.41, 5.74) is 1.40. The molecule has 4 nitrogen and oxygen atoms in total. The topological polar surface area (TPSA) is 69.6 Å². The second-order valence-corrected chi connectivity index (χ2v) is 4.32. The van der Waals surface area contributed by atoms with E-state index in [2.05, 4.69) is 21.2 Å². The van der Waals surface area contributed by atoms with E-state index in [1.165, 1.54) is 6.92 Å². The molecule has 1 aromatic carbocycles. The van der Waals surface area contributed by atoms with Crippen LogP contribution in [-0.2, 0) is 0 Å². The molecule has 0 aromatic heterocycles. The summed E-state index contributed by atoms with van der Waals surface area (Å²) < 4.78 is 0.712.